The third-order valence-corrected chi connectivity index (χ3v) is 14.2. The van der Waals surface area contributed by atoms with Gasteiger partial charge in [-0.25, -0.2) is 0 Å². The number of rotatable bonds is 8. The summed E-state index contributed by atoms with van der Waals surface area (Å²) in [5.74, 6) is 0. The lowest BCUT2D eigenvalue weighted by molar-refractivity contribution is 0.670. The fraction of sp³-hybridized carbons (Fsp3) is 0. The maximum Gasteiger partial charge on any atom is 0.143 e. The standard InChI is InChI=1S/C66H43N3O/c1-2-13-49(14-3-1)68-63-23-10-6-17-57(63)60-43-48(33-42-64(60)68)46-29-36-51(37-30-46)67(52-40-31-47(32-41-52)54-19-12-20-59-58-18-7-11-24-65(58)70-66(54)59)50-34-25-44(26-35-50)45-27-38-53(39-28-45)69-61-21-8-4-15-55(61)56-16-5-9-22-62(56)69/h1-43H. The molecule has 11 aromatic carbocycles. The van der Waals surface area contributed by atoms with E-state index in [1.165, 1.54) is 54.7 Å². The van der Waals surface area contributed by atoms with Gasteiger partial charge in [0.1, 0.15) is 11.2 Å². The molecule has 0 radical (unpaired) electrons. The van der Waals surface area contributed by atoms with Crippen molar-refractivity contribution in [3.8, 4) is 44.8 Å². The molecule has 0 amide bonds. The lowest BCUT2D eigenvalue weighted by atomic mass is 10.0. The minimum absolute atomic E-state index is 0.901. The van der Waals surface area contributed by atoms with Gasteiger partial charge in [0.25, 0.3) is 0 Å². The lowest BCUT2D eigenvalue weighted by Gasteiger charge is -2.26. The molecule has 3 aromatic heterocycles. The molecule has 0 aliphatic rings. The van der Waals surface area contributed by atoms with E-state index in [9.17, 15) is 0 Å². The Morgan fingerprint density at radius 3 is 1.27 bits per heavy atom. The molecule has 328 valence electrons. The summed E-state index contributed by atoms with van der Waals surface area (Å²) in [4.78, 5) is 2.35. The number of furan rings is 1. The van der Waals surface area contributed by atoms with E-state index in [1.807, 2.05) is 12.1 Å². The zero-order valence-corrected chi connectivity index (χ0v) is 38.1. The molecule has 70 heavy (non-hydrogen) atoms. The first-order valence-electron chi connectivity index (χ1n) is 23.9. The molecule has 0 fully saturated rings. The monoisotopic (exact) mass is 893 g/mol. The van der Waals surface area contributed by atoms with Crippen molar-refractivity contribution in [2.24, 2.45) is 0 Å². The largest absolute Gasteiger partial charge is 0.455 e. The highest BCUT2D eigenvalue weighted by molar-refractivity contribution is 6.12. The average Bonchev–Trinajstić information content (AvgIpc) is 4.10. The highest BCUT2D eigenvalue weighted by atomic mass is 16.3. The molecule has 14 rings (SSSR count). The highest BCUT2D eigenvalue weighted by Gasteiger charge is 2.18. The maximum absolute atomic E-state index is 6.46. The summed E-state index contributed by atoms with van der Waals surface area (Å²) in [5, 5.41) is 7.27. The van der Waals surface area contributed by atoms with Crippen LogP contribution < -0.4 is 4.90 Å². The number of hydrogen-bond acceptors (Lipinski definition) is 2. The van der Waals surface area contributed by atoms with Crippen molar-refractivity contribution in [3.63, 3.8) is 0 Å². The van der Waals surface area contributed by atoms with E-state index < -0.39 is 0 Å². The van der Waals surface area contributed by atoms with Crippen molar-refractivity contribution in [1.29, 1.82) is 0 Å². The van der Waals surface area contributed by atoms with Crippen molar-refractivity contribution in [3.05, 3.63) is 261 Å². The van der Waals surface area contributed by atoms with Crippen LogP contribution in [0.2, 0.25) is 0 Å². The number of hydrogen-bond donors (Lipinski definition) is 0. The Morgan fingerprint density at radius 1 is 0.271 bits per heavy atom. The Kier molecular flexibility index (Phi) is 9.17. The lowest BCUT2D eigenvalue weighted by Crippen LogP contribution is -2.09. The second-order valence-electron chi connectivity index (χ2n) is 18.1. The van der Waals surface area contributed by atoms with Gasteiger partial charge in [-0.15, -0.1) is 0 Å². The van der Waals surface area contributed by atoms with E-state index in [0.717, 1.165) is 72.6 Å². The highest BCUT2D eigenvalue weighted by Crippen LogP contribution is 2.42. The van der Waals surface area contributed by atoms with Gasteiger partial charge in [-0.1, -0.05) is 164 Å². The smallest absolute Gasteiger partial charge is 0.143 e. The minimum atomic E-state index is 0.901. The first-order valence-corrected chi connectivity index (χ1v) is 23.9. The van der Waals surface area contributed by atoms with Crippen molar-refractivity contribution in [2.75, 3.05) is 4.90 Å². The van der Waals surface area contributed by atoms with Crippen LogP contribution in [0.1, 0.15) is 0 Å². The molecular formula is C66H43N3O. The number of fused-ring (bicyclic) bond motifs is 9. The molecule has 14 aromatic rings. The molecule has 0 unspecified atom stereocenters. The number of aromatic nitrogens is 2. The Bertz CT molecular complexity index is 4200. The summed E-state index contributed by atoms with van der Waals surface area (Å²) in [5.41, 5.74) is 19.0. The number of anilines is 3. The third kappa shape index (κ3) is 6.46. The Labute approximate surface area is 404 Å². The molecule has 0 aliphatic heterocycles. The van der Waals surface area contributed by atoms with Gasteiger partial charge in [-0.05, 0) is 125 Å². The van der Waals surface area contributed by atoms with E-state index in [0.29, 0.717) is 0 Å². The van der Waals surface area contributed by atoms with Crippen molar-refractivity contribution >= 4 is 82.6 Å². The van der Waals surface area contributed by atoms with E-state index >= 15 is 0 Å². The van der Waals surface area contributed by atoms with Crippen LogP contribution in [-0.4, -0.2) is 9.13 Å². The normalized spacial score (nSPS) is 11.7. The van der Waals surface area contributed by atoms with Gasteiger partial charge >= 0.3 is 0 Å². The van der Waals surface area contributed by atoms with Gasteiger partial charge < -0.3 is 18.5 Å². The van der Waals surface area contributed by atoms with Crippen LogP contribution in [0.15, 0.2) is 265 Å². The summed E-state index contributed by atoms with van der Waals surface area (Å²) < 4.78 is 11.2. The second-order valence-corrected chi connectivity index (χ2v) is 18.1. The number of para-hydroxylation sites is 6. The molecule has 0 spiro atoms. The predicted molar refractivity (Wildman–Crippen MR) is 293 cm³/mol. The van der Waals surface area contributed by atoms with E-state index in [1.54, 1.807) is 0 Å². The zero-order valence-electron chi connectivity index (χ0n) is 38.1. The quantitative estimate of drug-likeness (QED) is 0.152. The summed E-state index contributed by atoms with van der Waals surface area (Å²) >= 11 is 0. The van der Waals surface area contributed by atoms with E-state index in [2.05, 4.69) is 263 Å². The predicted octanol–water partition coefficient (Wildman–Crippen LogP) is 18.3. The van der Waals surface area contributed by atoms with Crippen molar-refractivity contribution < 1.29 is 4.42 Å². The van der Waals surface area contributed by atoms with Gasteiger partial charge in [0.2, 0.25) is 0 Å². The Hall–Kier alpha value is -9.38. The van der Waals surface area contributed by atoms with E-state index in [4.69, 9.17) is 4.42 Å². The molecule has 3 heterocycles. The molecule has 4 nitrogen and oxygen atoms in total. The van der Waals surface area contributed by atoms with E-state index in [-0.39, 0.29) is 0 Å². The average molecular weight is 894 g/mol. The Morgan fingerprint density at radius 2 is 0.686 bits per heavy atom. The van der Waals surface area contributed by atoms with Gasteiger partial charge in [-0.2, -0.15) is 0 Å². The van der Waals surface area contributed by atoms with Gasteiger partial charge in [0.15, 0.2) is 0 Å². The van der Waals surface area contributed by atoms with Crippen LogP contribution in [0.5, 0.6) is 0 Å². The molecule has 4 heteroatoms. The van der Waals surface area contributed by atoms with Crippen LogP contribution in [0, 0.1) is 0 Å². The molecule has 0 aliphatic carbocycles. The van der Waals surface area contributed by atoms with Crippen molar-refractivity contribution in [2.45, 2.75) is 0 Å². The molecular weight excluding hydrogens is 851 g/mol. The Balaban J connectivity index is 0.829. The summed E-state index contributed by atoms with van der Waals surface area (Å²) in [7, 11) is 0. The maximum atomic E-state index is 6.46. The van der Waals surface area contributed by atoms with Gasteiger partial charge in [0, 0.05) is 66.3 Å². The summed E-state index contributed by atoms with van der Waals surface area (Å²) in [6.45, 7) is 0. The minimum Gasteiger partial charge on any atom is -0.455 e. The summed E-state index contributed by atoms with van der Waals surface area (Å²) in [6, 6.07) is 94.0. The van der Waals surface area contributed by atoms with Crippen LogP contribution in [0.25, 0.3) is 110 Å². The van der Waals surface area contributed by atoms with Crippen LogP contribution in [0.3, 0.4) is 0 Å². The van der Waals surface area contributed by atoms with Crippen LogP contribution in [-0.2, 0) is 0 Å². The van der Waals surface area contributed by atoms with Crippen LogP contribution in [0.4, 0.5) is 17.1 Å². The fourth-order valence-corrected chi connectivity index (χ4v) is 10.8. The van der Waals surface area contributed by atoms with Gasteiger partial charge in [-0.3, -0.25) is 0 Å². The topological polar surface area (TPSA) is 26.2 Å². The third-order valence-electron chi connectivity index (χ3n) is 14.2. The molecule has 0 atom stereocenters. The molecule has 0 saturated heterocycles. The zero-order chi connectivity index (χ0) is 46.1. The summed E-state index contributed by atoms with van der Waals surface area (Å²) in [6.07, 6.45) is 0. The second kappa shape index (κ2) is 16.2. The first-order chi connectivity index (χ1) is 34.7. The molecule has 0 saturated carbocycles. The van der Waals surface area contributed by atoms with Crippen molar-refractivity contribution in [1.82, 2.24) is 9.13 Å². The fourth-order valence-electron chi connectivity index (χ4n) is 10.8. The number of nitrogens with zero attached hydrogens (tertiary/aromatic N) is 3. The van der Waals surface area contributed by atoms with Gasteiger partial charge in [0.05, 0.1) is 22.1 Å². The molecule has 0 N–H and O–H groups in total. The number of benzene rings is 11. The SMILES string of the molecule is c1ccc(-n2c3ccccc3c3cc(-c4ccc(N(c5ccc(-c6ccc(-n7c8ccccc8c8ccccc87)cc6)cc5)c5ccc(-c6cccc7c6oc6ccccc67)cc5)cc4)ccc32)cc1. The molecule has 0 bridgehead atoms. The first kappa shape index (κ1) is 39.8. The van der Waals surface area contributed by atoms with Crippen LogP contribution >= 0.6 is 0 Å².